The first-order chi connectivity index (χ1) is 29.3. The molecule has 1 aliphatic rings. The maximum Gasteiger partial charge on any atom is 0.220 e. The van der Waals surface area contributed by atoms with Gasteiger partial charge in [0.05, 0.1) is 25.4 Å². The molecule has 7 unspecified atom stereocenters. The molecule has 60 heavy (non-hydrogen) atoms. The first-order valence-corrected chi connectivity index (χ1v) is 24.9. The number of unbranched alkanes of at least 4 members (excludes halogenated alkanes) is 25. The molecule has 1 rings (SSSR count). The van der Waals surface area contributed by atoms with Gasteiger partial charge >= 0.3 is 0 Å². The van der Waals surface area contributed by atoms with Crippen LogP contribution in [0.15, 0.2) is 48.6 Å². The van der Waals surface area contributed by atoms with Gasteiger partial charge in [-0.1, -0.05) is 184 Å². The highest BCUT2D eigenvalue weighted by atomic mass is 16.7. The molecule has 1 amide bonds. The van der Waals surface area contributed by atoms with E-state index in [1.165, 1.54) is 128 Å². The largest absolute Gasteiger partial charge is 0.394 e. The van der Waals surface area contributed by atoms with Crippen LogP contribution in [0.2, 0.25) is 0 Å². The van der Waals surface area contributed by atoms with Gasteiger partial charge in [0.1, 0.15) is 24.4 Å². The molecule has 0 aromatic heterocycles. The molecule has 0 aromatic carbocycles. The number of nitrogens with one attached hydrogen (secondary N) is 1. The van der Waals surface area contributed by atoms with Crippen LogP contribution in [-0.4, -0.2) is 87.5 Å². The van der Waals surface area contributed by atoms with Crippen molar-refractivity contribution in [2.75, 3.05) is 13.2 Å². The number of hydrogen-bond donors (Lipinski definition) is 6. The molecule has 7 atom stereocenters. The van der Waals surface area contributed by atoms with Crippen molar-refractivity contribution in [3.05, 3.63) is 48.6 Å². The van der Waals surface area contributed by atoms with Crippen LogP contribution in [0.4, 0.5) is 0 Å². The van der Waals surface area contributed by atoms with E-state index in [0.717, 1.165) is 64.2 Å². The Balaban J connectivity index is 2.33. The number of rotatable bonds is 41. The molecule has 350 valence electrons. The molecular weight excluding hydrogens is 755 g/mol. The third-order valence-electron chi connectivity index (χ3n) is 11.6. The number of carbonyl (C=O) groups excluding carboxylic acids is 1. The molecule has 9 nitrogen and oxygen atoms in total. The van der Waals surface area contributed by atoms with Crippen LogP contribution in [0.1, 0.15) is 213 Å². The molecule has 9 heteroatoms. The van der Waals surface area contributed by atoms with Gasteiger partial charge in [-0.2, -0.15) is 0 Å². The zero-order valence-electron chi connectivity index (χ0n) is 38.5. The smallest absolute Gasteiger partial charge is 0.220 e. The van der Waals surface area contributed by atoms with Crippen molar-refractivity contribution >= 4 is 5.91 Å². The van der Waals surface area contributed by atoms with Gasteiger partial charge in [-0.25, -0.2) is 0 Å². The van der Waals surface area contributed by atoms with Gasteiger partial charge in [-0.05, 0) is 70.6 Å². The van der Waals surface area contributed by atoms with Crippen molar-refractivity contribution in [2.45, 2.75) is 256 Å². The van der Waals surface area contributed by atoms with Crippen molar-refractivity contribution in [1.82, 2.24) is 5.32 Å². The molecule has 0 radical (unpaired) electrons. The molecular formula is C51H93NO8. The molecule has 0 saturated carbocycles. The van der Waals surface area contributed by atoms with E-state index in [-0.39, 0.29) is 12.5 Å². The average molecular weight is 848 g/mol. The Morgan fingerprint density at radius 3 is 1.42 bits per heavy atom. The van der Waals surface area contributed by atoms with E-state index in [4.69, 9.17) is 9.47 Å². The molecule has 0 spiro atoms. The standard InChI is InChI=1S/C51H93NO8/c1-3-5-7-9-11-13-15-17-18-19-20-21-22-23-24-25-26-27-29-30-32-34-36-38-40-45(54)44(43-59-51-50(58)49(57)48(56)46(42-53)60-51)52-47(55)41-39-37-35-33-31-28-16-14-12-10-8-6-4-2/h14,16,25-26,30,32,38,40,44-46,48-51,53-54,56-58H,3-13,15,17-24,27-29,31,33-37,39,41-43H2,1-2H3,(H,52,55)/b16-14-,26-25+,32-30+,40-38+. The summed E-state index contributed by atoms with van der Waals surface area (Å²) in [6.45, 7) is 3.73. The number of allylic oxidation sites excluding steroid dienone is 7. The quantitative estimate of drug-likeness (QED) is 0.0263. The van der Waals surface area contributed by atoms with E-state index in [2.05, 4.69) is 55.6 Å². The van der Waals surface area contributed by atoms with Crippen LogP contribution in [-0.2, 0) is 14.3 Å². The predicted molar refractivity (Wildman–Crippen MR) is 249 cm³/mol. The maximum atomic E-state index is 12.9. The van der Waals surface area contributed by atoms with E-state index in [0.29, 0.717) is 6.42 Å². The Labute approximate surface area is 367 Å². The number of aliphatic hydroxyl groups excluding tert-OH is 5. The van der Waals surface area contributed by atoms with E-state index >= 15 is 0 Å². The number of ether oxygens (including phenoxy) is 2. The normalized spacial score (nSPS) is 20.9. The topological polar surface area (TPSA) is 149 Å². The Bertz CT molecular complexity index is 1080. The first kappa shape index (κ1) is 56.2. The summed E-state index contributed by atoms with van der Waals surface area (Å²) in [5.74, 6) is -0.201. The van der Waals surface area contributed by atoms with Crippen LogP contribution < -0.4 is 5.32 Å². The van der Waals surface area contributed by atoms with Crippen molar-refractivity contribution in [2.24, 2.45) is 0 Å². The fourth-order valence-corrected chi connectivity index (χ4v) is 7.59. The second-order valence-electron chi connectivity index (χ2n) is 17.2. The number of hydrogen-bond acceptors (Lipinski definition) is 8. The Hall–Kier alpha value is -1.85. The van der Waals surface area contributed by atoms with E-state index in [1.807, 2.05) is 6.08 Å². The summed E-state index contributed by atoms with van der Waals surface area (Å²) in [6.07, 6.45) is 46.0. The third kappa shape index (κ3) is 31.1. The zero-order valence-corrected chi connectivity index (χ0v) is 38.5. The lowest BCUT2D eigenvalue weighted by molar-refractivity contribution is -0.302. The van der Waals surface area contributed by atoms with Crippen LogP contribution in [0, 0.1) is 0 Å². The molecule has 1 fully saturated rings. The third-order valence-corrected chi connectivity index (χ3v) is 11.6. The van der Waals surface area contributed by atoms with Gasteiger partial charge < -0.3 is 40.3 Å². The zero-order chi connectivity index (χ0) is 43.7. The number of carbonyl (C=O) groups is 1. The van der Waals surface area contributed by atoms with Crippen LogP contribution in [0.25, 0.3) is 0 Å². The lowest BCUT2D eigenvalue weighted by Gasteiger charge is -2.40. The minimum absolute atomic E-state index is 0.201. The Morgan fingerprint density at radius 2 is 0.950 bits per heavy atom. The summed E-state index contributed by atoms with van der Waals surface area (Å²) in [4.78, 5) is 12.9. The van der Waals surface area contributed by atoms with E-state index < -0.39 is 49.5 Å². The van der Waals surface area contributed by atoms with Crippen LogP contribution in [0.5, 0.6) is 0 Å². The highest BCUT2D eigenvalue weighted by Gasteiger charge is 2.44. The number of amides is 1. The fraction of sp³-hybridized carbons (Fsp3) is 0.824. The summed E-state index contributed by atoms with van der Waals surface area (Å²) >= 11 is 0. The summed E-state index contributed by atoms with van der Waals surface area (Å²) < 4.78 is 11.2. The van der Waals surface area contributed by atoms with E-state index in [9.17, 15) is 30.3 Å². The molecule has 1 saturated heterocycles. The molecule has 0 aliphatic carbocycles. The second-order valence-corrected chi connectivity index (χ2v) is 17.2. The fourth-order valence-electron chi connectivity index (χ4n) is 7.59. The SMILES string of the molecule is CCCCCC/C=C\CCCCCCCC(=O)NC(COC1OC(CO)C(O)C(O)C1O)C(O)/C=C/CC/C=C/CC/C=C/CCCCCCCCCCCCCCCC. The first-order valence-electron chi connectivity index (χ1n) is 24.9. The van der Waals surface area contributed by atoms with Gasteiger partial charge in [0, 0.05) is 6.42 Å². The van der Waals surface area contributed by atoms with Gasteiger partial charge in [-0.3, -0.25) is 4.79 Å². The predicted octanol–water partition coefficient (Wildman–Crippen LogP) is 11.0. The van der Waals surface area contributed by atoms with Crippen molar-refractivity contribution < 1.29 is 39.8 Å². The van der Waals surface area contributed by atoms with Crippen molar-refractivity contribution in [3.8, 4) is 0 Å². The maximum absolute atomic E-state index is 12.9. The Morgan fingerprint density at radius 1 is 0.550 bits per heavy atom. The van der Waals surface area contributed by atoms with Gasteiger partial charge in [0.2, 0.25) is 5.91 Å². The van der Waals surface area contributed by atoms with Crippen LogP contribution in [0.3, 0.4) is 0 Å². The summed E-state index contributed by atoms with van der Waals surface area (Å²) in [7, 11) is 0. The average Bonchev–Trinajstić information content (AvgIpc) is 3.25. The molecule has 6 N–H and O–H groups in total. The molecule has 0 bridgehead atoms. The summed E-state index contributed by atoms with van der Waals surface area (Å²) in [5.41, 5.74) is 0. The van der Waals surface area contributed by atoms with Gasteiger partial charge in [-0.15, -0.1) is 0 Å². The minimum Gasteiger partial charge on any atom is -0.394 e. The second kappa shape index (κ2) is 41.2. The summed E-state index contributed by atoms with van der Waals surface area (Å²) in [5, 5.41) is 54.2. The lowest BCUT2D eigenvalue weighted by Crippen LogP contribution is -2.60. The molecule has 0 aromatic rings. The highest BCUT2D eigenvalue weighted by molar-refractivity contribution is 5.76. The van der Waals surface area contributed by atoms with Crippen molar-refractivity contribution in [1.29, 1.82) is 0 Å². The molecule has 1 heterocycles. The Kier molecular flexibility index (Phi) is 38.5. The monoisotopic (exact) mass is 848 g/mol. The van der Waals surface area contributed by atoms with Gasteiger partial charge in [0.25, 0.3) is 0 Å². The minimum atomic E-state index is -1.58. The van der Waals surface area contributed by atoms with Crippen molar-refractivity contribution in [3.63, 3.8) is 0 Å². The number of aliphatic hydroxyl groups is 5. The van der Waals surface area contributed by atoms with Crippen LogP contribution >= 0.6 is 0 Å². The molecule has 1 aliphatic heterocycles. The van der Waals surface area contributed by atoms with Gasteiger partial charge in [0.15, 0.2) is 6.29 Å². The van der Waals surface area contributed by atoms with E-state index in [1.54, 1.807) is 6.08 Å². The summed E-state index contributed by atoms with van der Waals surface area (Å²) in [6, 6.07) is -0.832. The lowest BCUT2D eigenvalue weighted by atomic mass is 9.99. The highest BCUT2D eigenvalue weighted by Crippen LogP contribution is 2.22.